The zero-order valence-corrected chi connectivity index (χ0v) is 21.0. The summed E-state index contributed by atoms with van der Waals surface area (Å²) in [6, 6.07) is 7.89. The van der Waals surface area contributed by atoms with Crippen LogP contribution < -0.4 is 26.2 Å². The number of anilines is 2. The Hall–Kier alpha value is -3.71. The second-order valence-corrected chi connectivity index (χ2v) is 10.4. The standard InChI is InChI=1S/C30H32N4O3/c1-3-19-17-34-13-11-20(19)14-25(34)26(22-10-12-31-24-9-8-21(37-2)15-23(22)24)33-28-27(29(35)30(28)36)32-16-18-6-4-5-7-18/h3-10,12,15,18-20,25-26,32-33H,1,11,13-14,16-17H2,2H3/t19?,20?,25?,26-/m0/s1. The van der Waals surface area contributed by atoms with Gasteiger partial charge in [-0.15, -0.1) is 6.58 Å². The highest BCUT2D eigenvalue weighted by Crippen LogP contribution is 2.43. The summed E-state index contributed by atoms with van der Waals surface area (Å²) in [5.74, 6) is 2.01. The number of nitrogens with zero attached hydrogens (tertiary/aromatic N) is 2. The van der Waals surface area contributed by atoms with Crippen molar-refractivity contribution in [2.75, 3.05) is 37.4 Å². The number of benzene rings is 1. The van der Waals surface area contributed by atoms with E-state index in [1.807, 2.05) is 42.6 Å². The van der Waals surface area contributed by atoms with E-state index in [0.717, 1.165) is 48.1 Å². The summed E-state index contributed by atoms with van der Waals surface area (Å²) < 4.78 is 5.52. The second kappa shape index (κ2) is 9.63. The number of methoxy groups -OCH3 is 1. The maximum absolute atomic E-state index is 12.8. The third-order valence-corrected chi connectivity index (χ3v) is 8.41. The van der Waals surface area contributed by atoms with Crippen LogP contribution in [0.15, 0.2) is 77.0 Å². The Labute approximate surface area is 216 Å². The van der Waals surface area contributed by atoms with E-state index in [1.165, 1.54) is 0 Å². The molecule has 5 atom stereocenters. The van der Waals surface area contributed by atoms with E-state index in [2.05, 4.69) is 45.3 Å². The molecular formula is C30H32N4O3. The zero-order valence-electron chi connectivity index (χ0n) is 21.0. The Morgan fingerprint density at radius 1 is 1.19 bits per heavy atom. The lowest BCUT2D eigenvalue weighted by molar-refractivity contribution is 0.0105. The number of pyridine rings is 1. The number of nitrogens with one attached hydrogen (secondary N) is 2. The van der Waals surface area contributed by atoms with Gasteiger partial charge in [-0.2, -0.15) is 0 Å². The van der Waals surface area contributed by atoms with Crippen LogP contribution >= 0.6 is 0 Å². The second-order valence-electron chi connectivity index (χ2n) is 10.4. The number of hydrogen-bond acceptors (Lipinski definition) is 7. The van der Waals surface area contributed by atoms with Gasteiger partial charge in [-0.05, 0) is 61.1 Å². The summed E-state index contributed by atoms with van der Waals surface area (Å²) in [7, 11) is 1.66. The van der Waals surface area contributed by atoms with Crippen molar-refractivity contribution in [3.05, 3.63) is 93.4 Å². The van der Waals surface area contributed by atoms with Crippen LogP contribution in [0.2, 0.25) is 0 Å². The van der Waals surface area contributed by atoms with Gasteiger partial charge < -0.3 is 15.4 Å². The number of hydrogen-bond donors (Lipinski definition) is 2. The van der Waals surface area contributed by atoms with Crippen molar-refractivity contribution in [2.45, 2.75) is 24.9 Å². The topological polar surface area (TPSA) is 83.6 Å². The Kier molecular flexibility index (Phi) is 6.16. The van der Waals surface area contributed by atoms with Gasteiger partial charge in [-0.25, -0.2) is 0 Å². The summed E-state index contributed by atoms with van der Waals surface area (Å²) in [5.41, 5.74) is 1.79. The summed E-state index contributed by atoms with van der Waals surface area (Å²) in [5, 5.41) is 7.79. The monoisotopic (exact) mass is 496 g/mol. The predicted molar refractivity (Wildman–Crippen MR) is 148 cm³/mol. The van der Waals surface area contributed by atoms with E-state index < -0.39 is 10.9 Å². The van der Waals surface area contributed by atoms with Crippen molar-refractivity contribution < 1.29 is 4.74 Å². The van der Waals surface area contributed by atoms with Gasteiger partial charge in [-0.3, -0.25) is 19.5 Å². The SMILES string of the molecule is C=CC1CN2CCC1CC2[C@@H](Nc1c(NCC2C=CC=C2)c(=O)c1=O)c1ccnc2ccc(OC)cc12. The van der Waals surface area contributed by atoms with Crippen molar-refractivity contribution in [3.8, 4) is 5.75 Å². The molecule has 0 radical (unpaired) electrons. The minimum absolute atomic E-state index is 0.171. The van der Waals surface area contributed by atoms with E-state index in [4.69, 9.17) is 4.74 Å². The normalized spacial score (nSPS) is 25.5. The number of fused-ring (bicyclic) bond motifs is 4. The van der Waals surface area contributed by atoms with E-state index in [-0.39, 0.29) is 18.0 Å². The minimum Gasteiger partial charge on any atom is -0.497 e. The van der Waals surface area contributed by atoms with Crippen molar-refractivity contribution in [1.29, 1.82) is 0 Å². The molecule has 0 saturated carbocycles. The summed E-state index contributed by atoms with van der Waals surface area (Å²) in [6.07, 6.45) is 14.2. The van der Waals surface area contributed by atoms with Crippen molar-refractivity contribution in [3.63, 3.8) is 0 Å². The average molecular weight is 497 g/mol. The van der Waals surface area contributed by atoms with Crippen LogP contribution in [0.4, 0.5) is 11.4 Å². The average Bonchev–Trinajstić information content (AvgIpc) is 3.47. The molecule has 2 aromatic carbocycles. The van der Waals surface area contributed by atoms with Crippen LogP contribution in [0.25, 0.3) is 10.9 Å². The fraction of sp³-hybridized carbons (Fsp3) is 0.367. The molecule has 7 nitrogen and oxygen atoms in total. The van der Waals surface area contributed by atoms with Crippen LogP contribution in [-0.4, -0.2) is 42.7 Å². The molecule has 7 heteroatoms. The smallest absolute Gasteiger partial charge is 0.253 e. The molecule has 190 valence electrons. The van der Waals surface area contributed by atoms with E-state index in [1.54, 1.807) is 7.11 Å². The lowest BCUT2D eigenvalue weighted by atomic mass is 9.73. The first-order valence-corrected chi connectivity index (χ1v) is 13.1. The van der Waals surface area contributed by atoms with Crippen LogP contribution in [-0.2, 0) is 0 Å². The van der Waals surface area contributed by atoms with E-state index >= 15 is 0 Å². The first kappa shape index (κ1) is 23.7. The molecule has 4 heterocycles. The quantitative estimate of drug-likeness (QED) is 0.342. The van der Waals surface area contributed by atoms with Gasteiger partial charge in [0.2, 0.25) is 0 Å². The first-order valence-electron chi connectivity index (χ1n) is 13.1. The van der Waals surface area contributed by atoms with E-state index in [9.17, 15) is 9.59 Å². The van der Waals surface area contributed by atoms with Gasteiger partial charge in [0.25, 0.3) is 10.9 Å². The molecule has 4 aliphatic rings. The Morgan fingerprint density at radius 3 is 2.73 bits per heavy atom. The highest BCUT2D eigenvalue weighted by atomic mass is 16.5. The third kappa shape index (κ3) is 4.17. The highest BCUT2D eigenvalue weighted by Gasteiger charge is 2.43. The molecule has 4 unspecified atom stereocenters. The number of allylic oxidation sites excluding steroid dienone is 2. The summed E-state index contributed by atoms with van der Waals surface area (Å²) >= 11 is 0. The Bertz CT molecular complexity index is 1460. The van der Waals surface area contributed by atoms with Crippen LogP contribution in [0.5, 0.6) is 5.75 Å². The number of aromatic nitrogens is 1. The van der Waals surface area contributed by atoms with Crippen LogP contribution in [0.3, 0.4) is 0 Å². The van der Waals surface area contributed by atoms with Gasteiger partial charge >= 0.3 is 0 Å². The van der Waals surface area contributed by atoms with Crippen molar-refractivity contribution in [2.24, 2.45) is 17.8 Å². The third-order valence-electron chi connectivity index (χ3n) is 8.41. The molecule has 37 heavy (non-hydrogen) atoms. The molecule has 0 amide bonds. The zero-order chi connectivity index (χ0) is 25.5. The van der Waals surface area contributed by atoms with Gasteiger partial charge in [0.1, 0.15) is 17.1 Å². The molecule has 3 saturated heterocycles. The van der Waals surface area contributed by atoms with E-state index in [0.29, 0.717) is 29.8 Å². The maximum Gasteiger partial charge on any atom is 0.253 e. The number of ether oxygens (including phenoxy) is 1. The Morgan fingerprint density at radius 2 is 2.00 bits per heavy atom. The molecule has 3 aliphatic heterocycles. The minimum atomic E-state index is -0.458. The van der Waals surface area contributed by atoms with Crippen molar-refractivity contribution >= 4 is 22.3 Å². The fourth-order valence-electron chi connectivity index (χ4n) is 6.34. The molecule has 3 fully saturated rings. The highest BCUT2D eigenvalue weighted by molar-refractivity contribution is 5.85. The van der Waals surface area contributed by atoms with Gasteiger partial charge in [0.05, 0.1) is 18.7 Å². The van der Waals surface area contributed by atoms with Crippen molar-refractivity contribution in [1.82, 2.24) is 9.88 Å². The first-order chi connectivity index (χ1) is 18.1. The molecule has 2 N–H and O–H groups in total. The molecule has 3 aromatic rings. The van der Waals surface area contributed by atoms with Crippen LogP contribution in [0.1, 0.15) is 24.4 Å². The molecule has 1 aliphatic carbocycles. The number of piperidine rings is 3. The molecular weight excluding hydrogens is 464 g/mol. The largest absolute Gasteiger partial charge is 0.497 e. The maximum atomic E-state index is 12.8. The molecule has 0 spiro atoms. The van der Waals surface area contributed by atoms with Gasteiger partial charge in [0.15, 0.2) is 0 Å². The summed E-state index contributed by atoms with van der Waals surface area (Å²) in [4.78, 5) is 32.5. The lowest BCUT2D eigenvalue weighted by Crippen LogP contribution is -2.56. The lowest BCUT2D eigenvalue weighted by Gasteiger charge is -2.52. The molecule has 1 aromatic heterocycles. The van der Waals surface area contributed by atoms with Gasteiger partial charge in [-0.1, -0.05) is 30.4 Å². The Balaban J connectivity index is 1.39. The number of rotatable bonds is 9. The predicted octanol–water partition coefficient (Wildman–Crippen LogP) is 4.04. The fourth-order valence-corrected chi connectivity index (χ4v) is 6.34. The molecule has 7 rings (SSSR count). The summed E-state index contributed by atoms with van der Waals surface area (Å²) in [6.45, 7) is 6.62. The van der Waals surface area contributed by atoms with Crippen LogP contribution in [0, 0.1) is 17.8 Å². The van der Waals surface area contributed by atoms with Gasteiger partial charge in [0, 0.05) is 36.6 Å². The molecule has 2 bridgehead atoms.